The van der Waals surface area contributed by atoms with Crippen molar-refractivity contribution in [3.63, 3.8) is 0 Å². The van der Waals surface area contributed by atoms with Crippen molar-refractivity contribution in [1.29, 1.82) is 0 Å². The number of Topliss-reactive ketones (excluding diaryl/α,β-unsaturated/α-hetero) is 1. The Morgan fingerprint density at radius 3 is 2.38 bits per heavy atom. The zero-order valence-electron chi connectivity index (χ0n) is 9.79. The molecule has 0 saturated heterocycles. The van der Waals surface area contributed by atoms with Crippen molar-refractivity contribution in [2.75, 3.05) is 0 Å². The summed E-state index contributed by atoms with van der Waals surface area (Å²) in [6, 6.07) is 5.69. The van der Waals surface area contributed by atoms with Crippen LogP contribution < -0.4 is 0 Å². The summed E-state index contributed by atoms with van der Waals surface area (Å²) in [7, 11) is 0. The first-order valence-corrected chi connectivity index (χ1v) is 5.51. The molecule has 16 heavy (non-hydrogen) atoms. The number of rotatable bonds is 5. The smallest absolute Gasteiger partial charge is 0.169 e. The minimum Gasteiger partial charge on any atom is -0.294 e. The molecule has 1 nitrogen and oxygen atoms in total. The summed E-state index contributed by atoms with van der Waals surface area (Å²) < 4.78 is 12.7. The number of allylic oxidation sites excluding steroid dienone is 1. The lowest BCUT2D eigenvalue weighted by Gasteiger charge is -2.14. The Morgan fingerprint density at radius 1 is 1.38 bits per heavy atom. The lowest BCUT2D eigenvalue weighted by Crippen LogP contribution is -2.15. The minimum atomic E-state index is -0.320. The van der Waals surface area contributed by atoms with Crippen molar-refractivity contribution < 1.29 is 9.18 Å². The van der Waals surface area contributed by atoms with Crippen molar-refractivity contribution in [2.24, 2.45) is 5.92 Å². The molecule has 0 fully saturated rings. The Hall–Kier alpha value is -1.44. The maximum absolute atomic E-state index is 12.7. The van der Waals surface area contributed by atoms with Gasteiger partial charge in [0.1, 0.15) is 5.82 Å². The highest BCUT2D eigenvalue weighted by Gasteiger charge is 2.19. The largest absolute Gasteiger partial charge is 0.294 e. The molecule has 0 aliphatic heterocycles. The maximum atomic E-state index is 12.7. The van der Waals surface area contributed by atoms with Crippen LogP contribution in [0.1, 0.15) is 37.0 Å². The molecule has 0 aliphatic carbocycles. The fraction of sp³-hybridized carbons (Fsp3) is 0.357. The molecule has 0 bridgehead atoms. The van der Waals surface area contributed by atoms with Crippen molar-refractivity contribution >= 4 is 5.78 Å². The molecule has 1 aromatic carbocycles. The van der Waals surface area contributed by atoms with E-state index in [2.05, 4.69) is 6.58 Å². The van der Waals surface area contributed by atoms with Crippen molar-refractivity contribution in [1.82, 2.24) is 0 Å². The van der Waals surface area contributed by atoms with Gasteiger partial charge in [-0.15, -0.1) is 0 Å². The van der Waals surface area contributed by atoms with Gasteiger partial charge in [-0.05, 0) is 37.6 Å². The number of carbonyl (C=O) groups is 1. The van der Waals surface area contributed by atoms with Gasteiger partial charge in [0, 0.05) is 11.5 Å². The van der Waals surface area contributed by atoms with Gasteiger partial charge in [0.2, 0.25) is 0 Å². The first kappa shape index (κ1) is 12.6. The van der Waals surface area contributed by atoms with Crippen molar-refractivity contribution in [3.05, 3.63) is 47.8 Å². The van der Waals surface area contributed by atoms with Gasteiger partial charge in [-0.1, -0.05) is 25.5 Å². The van der Waals surface area contributed by atoms with Crippen LogP contribution in [0.5, 0.6) is 0 Å². The monoisotopic (exact) mass is 220 g/mol. The lowest BCUT2D eigenvalue weighted by atomic mass is 9.88. The van der Waals surface area contributed by atoms with Gasteiger partial charge in [0.15, 0.2) is 5.78 Å². The van der Waals surface area contributed by atoms with Crippen LogP contribution in [0, 0.1) is 11.7 Å². The van der Waals surface area contributed by atoms with Crippen LogP contribution in [0.25, 0.3) is 0 Å². The molecule has 0 aromatic heterocycles. The molecule has 0 radical (unpaired) electrons. The summed E-state index contributed by atoms with van der Waals surface area (Å²) in [5.74, 6) is -0.427. The number of benzene rings is 1. The van der Waals surface area contributed by atoms with Gasteiger partial charge in [-0.3, -0.25) is 4.79 Å². The predicted octanol–water partition coefficient (Wildman–Crippen LogP) is 4.00. The molecule has 1 rings (SSSR count). The van der Waals surface area contributed by atoms with Gasteiger partial charge in [-0.25, -0.2) is 4.39 Å². The molecule has 0 amide bonds. The van der Waals surface area contributed by atoms with E-state index < -0.39 is 0 Å². The molecule has 1 unspecified atom stereocenters. The highest BCUT2D eigenvalue weighted by Crippen LogP contribution is 2.21. The zero-order valence-corrected chi connectivity index (χ0v) is 9.79. The average Bonchev–Trinajstić information content (AvgIpc) is 2.25. The molecule has 0 saturated carbocycles. The van der Waals surface area contributed by atoms with E-state index in [1.54, 1.807) is 0 Å². The Labute approximate surface area is 96.0 Å². The SMILES string of the molecule is C=C(C)C(CCC)C(=O)c1ccc(F)cc1. The van der Waals surface area contributed by atoms with E-state index in [4.69, 9.17) is 0 Å². The Balaban J connectivity index is 2.90. The van der Waals surface area contributed by atoms with Crippen LogP contribution in [0.15, 0.2) is 36.4 Å². The minimum absolute atomic E-state index is 0.0364. The van der Waals surface area contributed by atoms with Crippen molar-refractivity contribution in [2.45, 2.75) is 26.7 Å². The van der Waals surface area contributed by atoms with E-state index in [0.29, 0.717) is 5.56 Å². The zero-order chi connectivity index (χ0) is 12.1. The second kappa shape index (κ2) is 5.59. The van der Waals surface area contributed by atoms with Gasteiger partial charge < -0.3 is 0 Å². The topological polar surface area (TPSA) is 17.1 Å². The van der Waals surface area contributed by atoms with Gasteiger partial charge in [0.25, 0.3) is 0 Å². The van der Waals surface area contributed by atoms with E-state index in [0.717, 1.165) is 18.4 Å². The third-order valence-corrected chi connectivity index (χ3v) is 2.62. The molecule has 0 aliphatic rings. The third kappa shape index (κ3) is 3.02. The van der Waals surface area contributed by atoms with Crippen LogP contribution >= 0.6 is 0 Å². The Morgan fingerprint density at radius 2 is 1.94 bits per heavy atom. The van der Waals surface area contributed by atoms with E-state index in [1.165, 1.54) is 24.3 Å². The number of halogens is 1. The quantitative estimate of drug-likeness (QED) is 0.541. The van der Waals surface area contributed by atoms with Gasteiger partial charge in [-0.2, -0.15) is 0 Å². The first-order valence-electron chi connectivity index (χ1n) is 5.51. The summed E-state index contributed by atoms with van der Waals surface area (Å²) in [4.78, 5) is 12.1. The second-order valence-corrected chi connectivity index (χ2v) is 4.06. The highest BCUT2D eigenvalue weighted by atomic mass is 19.1. The van der Waals surface area contributed by atoms with E-state index >= 15 is 0 Å². The molecule has 0 spiro atoms. The van der Waals surface area contributed by atoms with Crippen LogP contribution in [-0.2, 0) is 0 Å². The summed E-state index contributed by atoms with van der Waals surface area (Å²) >= 11 is 0. The number of hydrogen-bond donors (Lipinski definition) is 0. The summed E-state index contributed by atoms with van der Waals surface area (Å²) in [5.41, 5.74) is 1.43. The lowest BCUT2D eigenvalue weighted by molar-refractivity contribution is 0.0934. The molecular weight excluding hydrogens is 203 g/mol. The van der Waals surface area contributed by atoms with E-state index in [9.17, 15) is 9.18 Å². The fourth-order valence-electron chi connectivity index (χ4n) is 1.71. The van der Waals surface area contributed by atoms with Gasteiger partial charge in [0.05, 0.1) is 0 Å². The Bertz CT molecular complexity index is 378. The number of ketones is 1. The number of carbonyl (C=O) groups excluding carboxylic acids is 1. The van der Waals surface area contributed by atoms with Crippen LogP contribution in [0.4, 0.5) is 4.39 Å². The molecule has 0 N–H and O–H groups in total. The molecule has 0 heterocycles. The van der Waals surface area contributed by atoms with Gasteiger partial charge >= 0.3 is 0 Å². The molecule has 2 heteroatoms. The summed E-state index contributed by atoms with van der Waals surface area (Å²) in [5, 5.41) is 0. The standard InChI is InChI=1S/C14H17FO/c1-4-5-13(10(2)3)14(16)11-6-8-12(15)9-7-11/h6-9,13H,2,4-5H2,1,3H3. The van der Waals surface area contributed by atoms with Crippen LogP contribution in [0.3, 0.4) is 0 Å². The summed E-state index contributed by atoms with van der Waals surface area (Å²) in [6.45, 7) is 7.74. The fourth-order valence-corrected chi connectivity index (χ4v) is 1.71. The molecule has 1 aromatic rings. The molecular formula is C14H17FO. The Kier molecular flexibility index (Phi) is 4.41. The second-order valence-electron chi connectivity index (χ2n) is 4.06. The van der Waals surface area contributed by atoms with Crippen LogP contribution in [-0.4, -0.2) is 5.78 Å². The number of hydrogen-bond acceptors (Lipinski definition) is 1. The third-order valence-electron chi connectivity index (χ3n) is 2.62. The molecule has 86 valence electrons. The van der Waals surface area contributed by atoms with Crippen LogP contribution in [0.2, 0.25) is 0 Å². The highest BCUT2D eigenvalue weighted by molar-refractivity contribution is 5.99. The average molecular weight is 220 g/mol. The first-order chi connectivity index (χ1) is 7.56. The molecule has 1 atom stereocenters. The summed E-state index contributed by atoms with van der Waals surface area (Å²) in [6.07, 6.45) is 1.73. The maximum Gasteiger partial charge on any atom is 0.169 e. The van der Waals surface area contributed by atoms with E-state index in [-0.39, 0.29) is 17.5 Å². The van der Waals surface area contributed by atoms with Crippen molar-refractivity contribution in [3.8, 4) is 0 Å². The predicted molar refractivity (Wildman–Crippen MR) is 63.9 cm³/mol. The normalized spacial score (nSPS) is 12.2. The van der Waals surface area contributed by atoms with E-state index in [1.807, 2.05) is 13.8 Å².